The van der Waals surface area contributed by atoms with Gasteiger partial charge in [0.1, 0.15) is 16.2 Å². The van der Waals surface area contributed by atoms with Crippen LogP contribution in [0.2, 0.25) is 6.55 Å². The smallest absolute Gasteiger partial charge is 0.274 e. The molecule has 3 aromatic heterocycles. The fourth-order valence-corrected chi connectivity index (χ4v) is 4.98. The lowest BCUT2D eigenvalue weighted by Crippen LogP contribution is -2.63. The van der Waals surface area contributed by atoms with Gasteiger partial charge < -0.3 is 13.3 Å². The lowest BCUT2D eigenvalue weighted by atomic mass is 10.7. The van der Waals surface area contributed by atoms with Crippen LogP contribution in [0.25, 0.3) is 0 Å². The Bertz CT molecular complexity index is 480. The highest BCUT2D eigenvalue weighted by Crippen LogP contribution is 2.07. The van der Waals surface area contributed by atoms with E-state index in [-0.39, 0.29) is 0 Å². The van der Waals surface area contributed by atoms with Crippen molar-refractivity contribution in [3.8, 4) is 0 Å². The summed E-state index contributed by atoms with van der Waals surface area (Å²) in [6.45, 7) is 2.16. The van der Waals surface area contributed by atoms with Gasteiger partial charge in [0, 0.05) is 0 Å². The van der Waals surface area contributed by atoms with Crippen LogP contribution >= 0.6 is 0 Å². The number of hydrogen-bond donors (Lipinski definition) is 0. The summed E-state index contributed by atoms with van der Waals surface area (Å²) in [6, 6.07) is 11.6. The summed E-state index contributed by atoms with van der Waals surface area (Å²) in [6.07, 6.45) is 5.06. The summed E-state index contributed by atoms with van der Waals surface area (Å²) in [5, 5.41) is 2.80. The van der Waals surface area contributed by atoms with Crippen LogP contribution in [0, 0.1) is 0 Å². The summed E-state index contributed by atoms with van der Waals surface area (Å²) in [5.41, 5.74) is 0. The molecule has 0 N–H and O–H groups in total. The Balaban J connectivity index is 2.21. The first-order valence-electron chi connectivity index (χ1n) is 5.44. The summed E-state index contributed by atoms with van der Waals surface area (Å²) in [4.78, 5) is 0. The van der Waals surface area contributed by atoms with Crippen molar-refractivity contribution in [1.29, 1.82) is 0 Å². The van der Waals surface area contributed by atoms with Crippen LogP contribution in [0.5, 0.6) is 0 Å². The molecule has 0 spiro atoms. The average Bonchev–Trinajstić information content (AvgIpc) is 3.10. The van der Waals surface area contributed by atoms with E-state index in [2.05, 4.69) is 6.55 Å². The molecule has 0 aliphatic rings. The Morgan fingerprint density at radius 2 is 1.06 bits per heavy atom. The molecule has 17 heavy (non-hydrogen) atoms. The van der Waals surface area contributed by atoms with E-state index in [0.29, 0.717) is 0 Å². The van der Waals surface area contributed by atoms with Crippen molar-refractivity contribution in [3.05, 3.63) is 55.2 Å². The lowest BCUT2D eigenvalue weighted by Gasteiger charge is -2.19. The maximum atomic E-state index is 5.59. The predicted molar refractivity (Wildman–Crippen MR) is 66.6 cm³/mol. The molecule has 0 saturated carbocycles. The van der Waals surface area contributed by atoms with Crippen LogP contribution in [0.1, 0.15) is 0 Å². The minimum absolute atomic E-state index is 0.933. The first-order chi connectivity index (χ1) is 8.32. The second kappa shape index (κ2) is 3.82. The van der Waals surface area contributed by atoms with Gasteiger partial charge in [-0.1, -0.05) is 0 Å². The lowest BCUT2D eigenvalue weighted by molar-refractivity contribution is 0.572. The Kier molecular flexibility index (Phi) is 2.30. The molecule has 4 heteroatoms. The zero-order valence-electron chi connectivity index (χ0n) is 9.42. The monoisotopic (exact) mass is 244 g/mol. The third kappa shape index (κ3) is 1.49. The standard InChI is InChI=1S/C13H12O3Si/c1-17(11-5-2-8-14-11,12-6-3-9-15-12)13-7-4-10-16-13/h2-10H,1H3. The highest BCUT2D eigenvalue weighted by atomic mass is 28.3. The van der Waals surface area contributed by atoms with Crippen LogP contribution in [0.4, 0.5) is 0 Å². The fourth-order valence-electron chi connectivity index (χ4n) is 2.05. The molecule has 3 nitrogen and oxygen atoms in total. The number of hydrogen-bond acceptors (Lipinski definition) is 3. The second-order valence-electron chi connectivity index (χ2n) is 4.06. The van der Waals surface area contributed by atoms with E-state index in [1.807, 2.05) is 36.4 Å². The van der Waals surface area contributed by atoms with Crippen LogP contribution in [-0.4, -0.2) is 8.07 Å². The van der Waals surface area contributed by atoms with Crippen molar-refractivity contribution < 1.29 is 13.3 Å². The highest BCUT2D eigenvalue weighted by Gasteiger charge is 2.43. The molecule has 0 aliphatic carbocycles. The van der Waals surface area contributed by atoms with Crippen LogP contribution in [0.3, 0.4) is 0 Å². The van der Waals surface area contributed by atoms with Gasteiger partial charge >= 0.3 is 0 Å². The Labute approximate surface area is 99.7 Å². The molecular weight excluding hydrogens is 232 g/mol. The summed E-state index contributed by atoms with van der Waals surface area (Å²) < 4.78 is 16.8. The molecular formula is C13H12O3Si. The van der Waals surface area contributed by atoms with E-state index in [4.69, 9.17) is 13.3 Å². The zero-order chi connectivity index (χ0) is 11.7. The van der Waals surface area contributed by atoms with E-state index < -0.39 is 8.07 Å². The van der Waals surface area contributed by atoms with E-state index >= 15 is 0 Å². The molecule has 86 valence electrons. The van der Waals surface area contributed by atoms with Crippen molar-refractivity contribution in [2.45, 2.75) is 6.55 Å². The minimum atomic E-state index is -2.22. The Hall–Kier alpha value is -1.94. The van der Waals surface area contributed by atoms with Gasteiger partial charge in [-0.2, -0.15) is 0 Å². The van der Waals surface area contributed by atoms with Gasteiger partial charge in [-0.3, -0.25) is 0 Å². The largest absolute Gasteiger partial charge is 0.473 e. The molecule has 0 saturated heterocycles. The first-order valence-corrected chi connectivity index (χ1v) is 7.94. The Morgan fingerprint density at radius 3 is 1.29 bits per heavy atom. The zero-order valence-corrected chi connectivity index (χ0v) is 10.4. The molecule has 3 rings (SSSR count). The highest BCUT2D eigenvalue weighted by molar-refractivity contribution is 7.08. The second-order valence-corrected chi connectivity index (χ2v) is 7.79. The average molecular weight is 244 g/mol. The molecule has 0 unspecified atom stereocenters. The molecule has 0 aliphatic heterocycles. The number of furan rings is 3. The predicted octanol–water partition coefficient (Wildman–Crippen LogP) is 1.57. The minimum Gasteiger partial charge on any atom is -0.473 e. The summed E-state index contributed by atoms with van der Waals surface area (Å²) in [7, 11) is -2.22. The third-order valence-corrected chi connectivity index (χ3v) is 6.85. The van der Waals surface area contributed by atoms with Gasteiger partial charge in [-0.05, 0) is 42.9 Å². The molecule has 3 aromatic rings. The van der Waals surface area contributed by atoms with Gasteiger partial charge in [0.2, 0.25) is 0 Å². The topological polar surface area (TPSA) is 39.4 Å². The van der Waals surface area contributed by atoms with Gasteiger partial charge in [0.25, 0.3) is 8.07 Å². The van der Waals surface area contributed by atoms with E-state index in [0.717, 1.165) is 16.2 Å². The maximum Gasteiger partial charge on any atom is 0.274 e. The van der Waals surface area contributed by atoms with Crippen LogP contribution in [0.15, 0.2) is 68.4 Å². The molecule has 0 bridgehead atoms. The van der Waals surface area contributed by atoms with E-state index in [1.54, 1.807) is 18.8 Å². The van der Waals surface area contributed by atoms with E-state index in [9.17, 15) is 0 Å². The van der Waals surface area contributed by atoms with Crippen molar-refractivity contribution in [3.63, 3.8) is 0 Å². The van der Waals surface area contributed by atoms with Crippen molar-refractivity contribution >= 4 is 24.2 Å². The van der Waals surface area contributed by atoms with Crippen LogP contribution in [-0.2, 0) is 0 Å². The normalized spacial score (nSPS) is 11.8. The Morgan fingerprint density at radius 1 is 0.706 bits per heavy atom. The van der Waals surface area contributed by atoms with Crippen molar-refractivity contribution in [2.24, 2.45) is 0 Å². The molecule has 3 heterocycles. The van der Waals surface area contributed by atoms with Crippen LogP contribution < -0.4 is 16.2 Å². The molecule has 0 amide bonds. The number of rotatable bonds is 3. The molecule has 0 atom stereocenters. The van der Waals surface area contributed by atoms with Gasteiger partial charge in [-0.25, -0.2) is 0 Å². The van der Waals surface area contributed by atoms with Gasteiger partial charge in [0.15, 0.2) is 0 Å². The maximum absolute atomic E-state index is 5.59. The van der Waals surface area contributed by atoms with Crippen molar-refractivity contribution in [1.82, 2.24) is 0 Å². The summed E-state index contributed by atoms with van der Waals surface area (Å²) >= 11 is 0. The van der Waals surface area contributed by atoms with Crippen molar-refractivity contribution in [2.75, 3.05) is 0 Å². The van der Waals surface area contributed by atoms with E-state index in [1.165, 1.54) is 0 Å². The quantitative estimate of drug-likeness (QED) is 0.656. The SMILES string of the molecule is C[Si](c1ccco1)(c1ccco1)c1ccco1. The molecule has 0 aromatic carbocycles. The first kappa shape index (κ1) is 10.2. The van der Waals surface area contributed by atoms with Gasteiger partial charge in [0.05, 0.1) is 18.8 Å². The third-order valence-electron chi connectivity index (χ3n) is 3.04. The fraction of sp³-hybridized carbons (Fsp3) is 0.0769. The van der Waals surface area contributed by atoms with Gasteiger partial charge in [-0.15, -0.1) is 0 Å². The summed E-state index contributed by atoms with van der Waals surface area (Å²) in [5.74, 6) is 0. The molecule has 0 radical (unpaired) electrons. The molecule has 0 fully saturated rings.